The SMILES string of the molecule is C=Cc1ccccc1.[CH]12[CH]3[CH]4[CH]5[CH]1[Fe]23451678[CH]2[CH]1[CH]6[CH]7[CH]28. The molecule has 0 bridgehead atoms. The summed E-state index contributed by atoms with van der Waals surface area (Å²) in [6, 6.07) is 10.0. The van der Waals surface area contributed by atoms with E-state index in [1.165, 1.54) is 5.56 Å². The van der Waals surface area contributed by atoms with E-state index < -0.39 is 6.51 Å². The molecule has 0 nitrogen and oxygen atoms in total. The van der Waals surface area contributed by atoms with Crippen molar-refractivity contribution in [2.45, 2.75) is 48.2 Å². The summed E-state index contributed by atoms with van der Waals surface area (Å²) in [5.74, 6) is 0. The summed E-state index contributed by atoms with van der Waals surface area (Å²) in [5, 5.41) is 0. The van der Waals surface area contributed by atoms with E-state index in [4.69, 9.17) is 0 Å². The summed E-state index contributed by atoms with van der Waals surface area (Å²) < 4.78 is 0. The van der Waals surface area contributed by atoms with Crippen molar-refractivity contribution >= 4 is 6.08 Å². The van der Waals surface area contributed by atoms with Crippen molar-refractivity contribution in [2.24, 2.45) is 0 Å². The molecule has 10 aliphatic heterocycles. The van der Waals surface area contributed by atoms with E-state index in [2.05, 4.69) is 6.58 Å². The molecule has 0 saturated carbocycles. The minimum atomic E-state index is -2.28. The first-order valence-electron chi connectivity index (χ1n) is 7.98. The van der Waals surface area contributed by atoms with Gasteiger partial charge in [-0.05, 0) is 5.56 Å². The molecule has 0 aromatic heterocycles. The Morgan fingerprint density at radius 2 is 1.05 bits per heavy atom. The van der Waals surface area contributed by atoms with E-state index in [1.54, 1.807) is 48.2 Å². The standard InChI is InChI=1S/C8H8.2C5H5.Fe/c1-2-8-6-4-3-5-7-8;2*1-2-4-5-3-1;/h2-7H,1H2;2*1-5H;. The van der Waals surface area contributed by atoms with Gasteiger partial charge in [-0.25, -0.2) is 0 Å². The van der Waals surface area contributed by atoms with Crippen molar-refractivity contribution in [2.75, 3.05) is 0 Å². The first-order chi connectivity index (χ1) is 9.09. The molecule has 10 heterocycles. The number of hydrogen-bond acceptors (Lipinski definition) is 0. The third kappa shape index (κ3) is 0.0954. The second-order valence-electron chi connectivity index (χ2n) is 11.2. The Balaban J connectivity index is 0.0000000821. The van der Waals surface area contributed by atoms with Crippen LogP contribution in [0.3, 0.4) is 0 Å². The molecule has 1 heteroatoms. The van der Waals surface area contributed by atoms with Gasteiger partial charge in [0.1, 0.15) is 0 Å². The van der Waals surface area contributed by atoms with E-state index in [0.29, 0.717) is 0 Å². The molecule has 0 radical (unpaired) electrons. The number of benzene rings is 1. The average Bonchev–Trinajstić information content (AvgIpc) is 3.41. The first-order valence-corrected chi connectivity index (χ1v) is 14.4. The van der Waals surface area contributed by atoms with Gasteiger partial charge in [0.15, 0.2) is 0 Å². The van der Waals surface area contributed by atoms with E-state index in [9.17, 15) is 0 Å². The molecule has 0 N–H and O–H groups in total. The van der Waals surface area contributed by atoms with Crippen LogP contribution >= 0.6 is 0 Å². The molecule has 19 heavy (non-hydrogen) atoms. The van der Waals surface area contributed by atoms with Gasteiger partial charge in [-0.15, -0.1) is 0 Å². The van der Waals surface area contributed by atoms with Gasteiger partial charge in [-0.3, -0.25) is 0 Å². The second kappa shape index (κ2) is 0.681. The van der Waals surface area contributed by atoms with Gasteiger partial charge in [-0.2, -0.15) is 0 Å². The molecule has 10 saturated heterocycles. The summed E-state index contributed by atoms with van der Waals surface area (Å²) >= 11 is 0. The van der Waals surface area contributed by atoms with Crippen LogP contribution in [0.1, 0.15) is 5.56 Å². The molecule has 1 aromatic rings. The zero-order chi connectivity index (χ0) is 11.9. The van der Waals surface area contributed by atoms with E-state index in [0.717, 1.165) is 0 Å². The maximum atomic E-state index is 3.63. The molecule has 0 unspecified atom stereocenters. The summed E-state index contributed by atoms with van der Waals surface area (Å²) in [7, 11) is 0. The van der Waals surface area contributed by atoms with E-state index >= 15 is 0 Å². The molecular formula is C18H18Fe. The maximum absolute atomic E-state index is 3.63. The zero-order valence-electron chi connectivity index (χ0n) is 10.8. The Bertz CT molecular complexity index is 885. The fourth-order valence-electron chi connectivity index (χ4n) is 16.4. The van der Waals surface area contributed by atoms with Crippen LogP contribution < -0.4 is 0 Å². The Morgan fingerprint density at radius 3 is 1.21 bits per heavy atom. The average molecular weight is 290 g/mol. The molecule has 10 fully saturated rings. The number of rotatable bonds is 1. The quantitative estimate of drug-likeness (QED) is 0.581. The van der Waals surface area contributed by atoms with Crippen LogP contribution in [0.5, 0.6) is 0 Å². The fourth-order valence-corrected chi connectivity index (χ4v) is 88.6. The summed E-state index contributed by atoms with van der Waals surface area (Å²) in [6.07, 6.45) is 1.83. The Kier molecular flexibility index (Phi) is 0.268. The molecular weight excluding hydrogens is 272 g/mol. The van der Waals surface area contributed by atoms with Gasteiger partial charge < -0.3 is 0 Å². The zero-order valence-corrected chi connectivity index (χ0v) is 11.9. The summed E-state index contributed by atoms with van der Waals surface area (Å²) in [6.45, 7) is 1.35. The van der Waals surface area contributed by atoms with Crippen LogP contribution in [0.25, 0.3) is 6.08 Å². The summed E-state index contributed by atoms with van der Waals surface area (Å²) in [4.78, 5) is 15.9. The van der Waals surface area contributed by atoms with Gasteiger partial charge in [0, 0.05) is 0 Å². The molecule has 98 valence electrons. The van der Waals surface area contributed by atoms with Crippen LogP contribution in [0, 0.1) is 0 Å². The molecule has 1 spiro atoms. The van der Waals surface area contributed by atoms with Gasteiger partial charge in [0.05, 0.1) is 0 Å². The molecule has 0 amide bonds. The first kappa shape index (κ1) is 7.48. The van der Waals surface area contributed by atoms with Gasteiger partial charge in [0.25, 0.3) is 0 Å². The van der Waals surface area contributed by atoms with Crippen molar-refractivity contribution in [3.05, 3.63) is 42.5 Å². The Labute approximate surface area is 103 Å². The van der Waals surface area contributed by atoms with Gasteiger partial charge in [0.2, 0.25) is 0 Å². The van der Waals surface area contributed by atoms with Crippen molar-refractivity contribution in [3.63, 3.8) is 0 Å². The van der Waals surface area contributed by atoms with Crippen LogP contribution in [-0.4, -0.2) is 0 Å². The van der Waals surface area contributed by atoms with Crippen molar-refractivity contribution in [1.82, 2.24) is 0 Å². The Hall–Kier alpha value is -0.521. The molecule has 0 aliphatic carbocycles. The normalized spacial score (nSPS) is 103. The van der Waals surface area contributed by atoms with Crippen LogP contribution in [0.2, 0.25) is 48.2 Å². The van der Waals surface area contributed by atoms with Crippen molar-refractivity contribution in [3.8, 4) is 0 Å². The minimum absolute atomic E-state index is 1.17. The van der Waals surface area contributed by atoms with Crippen LogP contribution in [0.4, 0.5) is 0 Å². The molecule has 0 atom stereocenters. The van der Waals surface area contributed by atoms with E-state index in [-0.39, 0.29) is 0 Å². The second-order valence-corrected chi connectivity index (χ2v) is 35.1. The molecule has 1 aromatic carbocycles. The third-order valence-electron chi connectivity index (χ3n) is 15.6. The van der Waals surface area contributed by atoms with Crippen molar-refractivity contribution in [1.29, 1.82) is 0 Å². The predicted octanol–water partition coefficient (Wildman–Crippen LogP) is 5.71. The van der Waals surface area contributed by atoms with Crippen LogP contribution in [0.15, 0.2) is 36.9 Å². The topological polar surface area (TPSA) is 0 Å². The monoisotopic (exact) mass is 290 g/mol. The molecule has 10 aliphatic rings. The van der Waals surface area contributed by atoms with Gasteiger partial charge in [-0.1, -0.05) is 43.0 Å². The predicted molar refractivity (Wildman–Crippen MR) is 74.0 cm³/mol. The Morgan fingerprint density at radius 1 is 0.684 bits per heavy atom. The van der Waals surface area contributed by atoms with Crippen LogP contribution in [-0.2, 0) is 6.51 Å². The van der Waals surface area contributed by atoms with E-state index in [1.807, 2.05) is 36.4 Å². The van der Waals surface area contributed by atoms with Gasteiger partial charge >= 0.3 is 54.7 Å². The number of fused-ring (bicyclic) bond motifs is 10. The fraction of sp³-hybridized carbons (Fsp3) is 0.556. The summed E-state index contributed by atoms with van der Waals surface area (Å²) in [5.41, 5.74) is 1.17. The van der Waals surface area contributed by atoms with Crippen molar-refractivity contribution < 1.29 is 6.51 Å². The molecule has 11 rings (SSSR count). The third-order valence-corrected chi connectivity index (χ3v) is 57.5. The number of hydrogen-bond donors (Lipinski definition) is 0.